The molecule has 4 rings (SSSR count). The SMILES string of the molecule is CC(C)=C1[C@H]2CC[C@H]1[C@@H]1C(=O)N(c3ccc(Cl)c([N+](=O)[O-])c3)C(=O)[C@H]12. The van der Waals surface area contributed by atoms with Crippen molar-refractivity contribution in [1.82, 2.24) is 0 Å². The Bertz CT molecular complexity index is 827. The zero-order valence-electron chi connectivity index (χ0n) is 13.9. The maximum absolute atomic E-state index is 13.0. The Balaban J connectivity index is 1.76. The van der Waals surface area contributed by atoms with E-state index in [0.717, 1.165) is 17.7 Å². The van der Waals surface area contributed by atoms with Crippen LogP contribution >= 0.6 is 11.6 Å². The topological polar surface area (TPSA) is 80.5 Å². The molecular formula is C18H17ClN2O4. The Morgan fingerprint density at radius 1 is 1.16 bits per heavy atom. The second-order valence-electron chi connectivity index (χ2n) is 7.20. The van der Waals surface area contributed by atoms with Gasteiger partial charge in [0, 0.05) is 6.07 Å². The zero-order valence-corrected chi connectivity index (χ0v) is 14.6. The summed E-state index contributed by atoms with van der Waals surface area (Å²) in [6.07, 6.45) is 1.86. The molecule has 130 valence electrons. The number of rotatable bonds is 2. The van der Waals surface area contributed by atoms with Gasteiger partial charge in [-0.1, -0.05) is 22.7 Å². The number of nitrogens with zero attached hydrogens (tertiary/aromatic N) is 2. The van der Waals surface area contributed by atoms with Crippen molar-refractivity contribution in [3.63, 3.8) is 0 Å². The van der Waals surface area contributed by atoms with Crippen LogP contribution < -0.4 is 4.90 Å². The van der Waals surface area contributed by atoms with Gasteiger partial charge in [-0.05, 0) is 50.7 Å². The molecule has 1 aromatic rings. The monoisotopic (exact) mass is 360 g/mol. The Morgan fingerprint density at radius 2 is 1.72 bits per heavy atom. The van der Waals surface area contributed by atoms with Gasteiger partial charge in [0.05, 0.1) is 22.4 Å². The molecule has 2 aliphatic carbocycles. The summed E-state index contributed by atoms with van der Waals surface area (Å²) in [5, 5.41) is 11.1. The summed E-state index contributed by atoms with van der Waals surface area (Å²) in [6.45, 7) is 4.08. The van der Waals surface area contributed by atoms with Crippen LogP contribution in [0.2, 0.25) is 5.02 Å². The molecule has 2 bridgehead atoms. The molecule has 4 atom stereocenters. The van der Waals surface area contributed by atoms with Crippen molar-refractivity contribution in [2.24, 2.45) is 23.7 Å². The van der Waals surface area contributed by atoms with Crippen molar-refractivity contribution >= 4 is 34.8 Å². The average Bonchev–Trinajstić information content (AvgIpc) is 3.18. The number of hydrogen-bond acceptors (Lipinski definition) is 4. The quantitative estimate of drug-likeness (QED) is 0.348. The van der Waals surface area contributed by atoms with E-state index in [9.17, 15) is 19.7 Å². The standard InChI is InChI=1S/C18H17ClN2O4/c1-8(2)14-10-4-5-11(14)16-15(10)17(22)20(18(16)23)9-3-6-12(19)13(7-9)21(24)25/h3,6-7,10-11,15-16H,4-5H2,1-2H3/t10-,11-,15+,16+/m1/s1. The maximum atomic E-state index is 13.0. The molecule has 0 aromatic heterocycles. The highest BCUT2D eigenvalue weighted by molar-refractivity contribution is 6.33. The molecule has 3 aliphatic rings. The van der Waals surface area contributed by atoms with Gasteiger partial charge >= 0.3 is 0 Å². The fraction of sp³-hybridized carbons (Fsp3) is 0.444. The first-order valence-corrected chi connectivity index (χ1v) is 8.69. The first-order valence-electron chi connectivity index (χ1n) is 8.32. The van der Waals surface area contributed by atoms with Crippen molar-refractivity contribution in [1.29, 1.82) is 0 Å². The largest absolute Gasteiger partial charge is 0.289 e. The number of nitro groups is 1. The Labute approximate surface area is 149 Å². The number of amides is 2. The number of fused-ring (bicyclic) bond motifs is 5. The van der Waals surface area contributed by atoms with Gasteiger partial charge in [-0.25, -0.2) is 4.90 Å². The molecule has 1 aromatic carbocycles. The number of nitro benzene ring substituents is 1. The second-order valence-corrected chi connectivity index (χ2v) is 7.61. The molecule has 0 radical (unpaired) electrons. The van der Waals surface area contributed by atoms with E-state index in [1.807, 2.05) is 13.8 Å². The highest BCUT2D eigenvalue weighted by Gasteiger charge is 2.63. The smallest absolute Gasteiger partial charge is 0.274 e. The minimum atomic E-state index is -0.608. The maximum Gasteiger partial charge on any atom is 0.289 e. The lowest BCUT2D eigenvalue weighted by molar-refractivity contribution is -0.384. The number of anilines is 1. The summed E-state index contributed by atoms with van der Waals surface area (Å²) in [5.74, 6) is -0.876. The molecule has 3 fully saturated rings. The van der Waals surface area contributed by atoms with Crippen LogP contribution in [0.4, 0.5) is 11.4 Å². The predicted octanol–water partition coefficient (Wildman–Crippen LogP) is 3.73. The average molecular weight is 361 g/mol. The van der Waals surface area contributed by atoms with Crippen LogP contribution in [0.25, 0.3) is 0 Å². The van der Waals surface area contributed by atoms with Crippen LogP contribution in [0, 0.1) is 33.8 Å². The minimum absolute atomic E-state index is 0.0139. The highest BCUT2D eigenvalue weighted by Crippen LogP contribution is 2.60. The zero-order chi connectivity index (χ0) is 18.0. The fourth-order valence-corrected chi connectivity index (χ4v) is 5.21. The van der Waals surface area contributed by atoms with Gasteiger partial charge in [-0.15, -0.1) is 0 Å². The van der Waals surface area contributed by atoms with E-state index < -0.39 is 4.92 Å². The van der Waals surface area contributed by atoms with Crippen LogP contribution in [0.1, 0.15) is 26.7 Å². The summed E-state index contributed by atoms with van der Waals surface area (Å²) in [6, 6.07) is 4.07. The molecule has 2 saturated carbocycles. The summed E-state index contributed by atoms with van der Waals surface area (Å²) in [4.78, 5) is 37.6. The van der Waals surface area contributed by atoms with Crippen molar-refractivity contribution in [2.45, 2.75) is 26.7 Å². The Morgan fingerprint density at radius 3 is 2.20 bits per heavy atom. The predicted molar refractivity (Wildman–Crippen MR) is 92.2 cm³/mol. The van der Waals surface area contributed by atoms with Gasteiger partial charge in [-0.3, -0.25) is 19.7 Å². The molecule has 1 saturated heterocycles. The molecule has 2 amide bonds. The third-order valence-corrected chi connectivity index (χ3v) is 6.13. The lowest BCUT2D eigenvalue weighted by Crippen LogP contribution is -2.33. The van der Waals surface area contributed by atoms with Gasteiger partial charge in [0.25, 0.3) is 5.69 Å². The van der Waals surface area contributed by atoms with Crippen LogP contribution in [-0.2, 0) is 9.59 Å². The number of carbonyl (C=O) groups is 2. The lowest BCUT2D eigenvalue weighted by atomic mass is 9.81. The van der Waals surface area contributed by atoms with Crippen LogP contribution in [0.5, 0.6) is 0 Å². The van der Waals surface area contributed by atoms with Crippen LogP contribution in [0.15, 0.2) is 29.3 Å². The van der Waals surface area contributed by atoms with E-state index >= 15 is 0 Å². The van der Waals surface area contributed by atoms with Crippen molar-refractivity contribution in [2.75, 3.05) is 4.90 Å². The van der Waals surface area contributed by atoms with Gasteiger partial charge < -0.3 is 0 Å². The number of halogens is 1. The second kappa shape index (κ2) is 5.39. The Kier molecular flexibility index (Phi) is 3.51. The molecule has 0 unspecified atom stereocenters. The third-order valence-electron chi connectivity index (χ3n) is 5.81. The number of hydrogen-bond donors (Lipinski definition) is 0. The van der Waals surface area contributed by atoms with E-state index in [1.165, 1.54) is 29.3 Å². The molecule has 1 heterocycles. The first kappa shape index (κ1) is 16.3. The molecular weight excluding hydrogens is 344 g/mol. The van der Waals surface area contributed by atoms with E-state index in [4.69, 9.17) is 11.6 Å². The number of carbonyl (C=O) groups excluding carboxylic acids is 2. The van der Waals surface area contributed by atoms with Crippen LogP contribution in [-0.4, -0.2) is 16.7 Å². The number of allylic oxidation sites excluding steroid dienone is 2. The van der Waals surface area contributed by atoms with Crippen LogP contribution in [0.3, 0.4) is 0 Å². The molecule has 6 nitrogen and oxygen atoms in total. The van der Waals surface area contributed by atoms with Gasteiger partial charge in [0.15, 0.2) is 0 Å². The first-order chi connectivity index (χ1) is 11.8. The summed E-state index contributed by atoms with van der Waals surface area (Å²) >= 11 is 5.84. The van der Waals surface area contributed by atoms with Gasteiger partial charge in [0.1, 0.15) is 5.02 Å². The summed E-state index contributed by atoms with van der Waals surface area (Å²) < 4.78 is 0. The minimum Gasteiger partial charge on any atom is -0.274 e. The molecule has 0 spiro atoms. The van der Waals surface area contributed by atoms with E-state index in [1.54, 1.807) is 0 Å². The fourth-order valence-electron chi connectivity index (χ4n) is 5.03. The normalized spacial score (nSPS) is 30.2. The summed E-state index contributed by atoms with van der Waals surface area (Å²) in [7, 11) is 0. The van der Waals surface area contributed by atoms with Crippen molar-refractivity contribution in [3.05, 3.63) is 44.5 Å². The van der Waals surface area contributed by atoms with Crippen molar-refractivity contribution < 1.29 is 14.5 Å². The highest BCUT2D eigenvalue weighted by atomic mass is 35.5. The summed E-state index contributed by atoms with van der Waals surface area (Å²) in [5.41, 5.74) is 2.41. The molecule has 7 heteroatoms. The molecule has 0 N–H and O–H groups in total. The number of benzene rings is 1. The van der Waals surface area contributed by atoms with Gasteiger partial charge in [-0.2, -0.15) is 0 Å². The number of imide groups is 1. The lowest BCUT2D eigenvalue weighted by Gasteiger charge is -2.19. The molecule has 1 aliphatic heterocycles. The van der Waals surface area contributed by atoms with E-state index in [2.05, 4.69) is 0 Å². The Hall–Kier alpha value is -2.21. The van der Waals surface area contributed by atoms with Gasteiger partial charge in [0.2, 0.25) is 11.8 Å². The van der Waals surface area contributed by atoms with E-state index in [-0.39, 0.29) is 51.9 Å². The van der Waals surface area contributed by atoms with E-state index in [0.29, 0.717) is 0 Å². The van der Waals surface area contributed by atoms with Crippen molar-refractivity contribution in [3.8, 4) is 0 Å². The molecule has 25 heavy (non-hydrogen) atoms. The third kappa shape index (κ3) is 2.10.